The van der Waals surface area contributed by atoms with Crippen LogP contribution in [0.1, 0.15) is 13.8 Å². The molecule has 0 aromatic carbocycles. The van der Waals surface area contributed by atoms with Gasteiger partial charge in [-0.15, -0.1) is 0 Å². The standard InChI is InChI=1S/C12H19N5O3/c1-3-19-12(20-4-2)8(18)5-17-7-16-9-10(13)14-6-15-11(9)17/h6-8,12,18H,3-5H2,1-2H3,(H2,13,14,15)/t8-/m0/s1. The van der Waals surface area contributed by atoms with Crippen molar-refractivity contribution in [2.45, 2.75) is 32.8 Å². The molecule has 2 aromatic rings. The molecule has 8 heteroatoms. The zero-order valence-corrected chi connectivity index (χ0v) is 11.6. The second kappa shape index (κ2) is 6.60. The van der Waals surface area contributed by atoms with E-state index in [1.54, 1.807) is 10.9 Å². The predicted octanol–water partition coefficient (Wildman–Crippen LogP) is 0.168. The number of hydrogen-bond acceptors (Lipinski definition) is 7. The number of hydrogen-bond donors (Lipinski definition) is 2. The topological polar surface area (TPSA) is 108 Å². The van der Waals surface area contributed by atoms with Crippen LogP contribution in [0.25, 0.3) is 11.2 Å². The van der Waals surface area contributed by atoms with Gasteiger partial charge in [-0.05, 0) is 13.8 Å². The highest BCUT2D eigenvalue weighted by atomic mass is 16.7. The summed E-state index contributed by atoms with van der Waals surface area (Å²) in [6.45, 7) is 4.86. The highest BCUT2D eigenvalue weighted by Gasteiger charge is 2.21. The Kier molecular flexibility index (Phi) is 4.83. The Balaban J connectivity index is 2.16. The van der Waals surface area contributed by atoms with E-state index in [0.29, 0.717) is 30.2 Å². The van der Waals surface area contributed by atoms with Crippen LogP contribution < -0.4 is 5.73 Å². The van der Waals surface area contributed by atoms with Gasteiger partial charge in [-0.2, -0.15) is 0 Å². The summed E-state index contributed by atoms with van der Waals surface area (Å²) in [5, 5.41) is 10.2. The number of nitrogens with zero attached hydrogens (tertiary/aromatic N) is 4. The average Bonchev–Trinajstić information content (AvgIpc) is 2.83. The predicted molar refractivity (Wildman–Crippen MR) is 72.8 cm³/mol. The lowest BCUT2D eigenvalue weighted by Crippen LogP contribution is -2.35. The first-order valence-electron chi connectivity index (χ1n) is 6.49. The van der Waals surface area contributed by atoms with Crippen LogP contribution in [0.15, 0.2) is 12.7 Å². The Labute approximate surface area is 116 Å². The van der Waals surface area contributed by atoms with E-state index >= 15 is 0 Å². The van der Waals surface area contributed by atoms with Crippen molar-refractivity contribution in [1.82, 2.24) is 19.5 Å². The van der Waals surface area contributed by atoms with Gasteiger partial charge in [0.2, 0.25) is 0 Å². The summed E-state index contributed by atoms with van der Waals surface area (Å²) in [4.78, 5) is 12.1. The van der Waals surface area contributed by atoms with Crippen LogP contribution >= 0.6 is 0 Å². The molecule has 0 aliphatic carbocycles. The Hall–Kier alpha value is -1.77. The maximum Gasteiger partial charge on any atom is 0.185 e. The molecule has 0 spiro atoms. The minimum Gasteiger partial charge on any atom is -0.386 e. The lowest BCUT2D eigenvalue weighted by Gasteiger charge is -2.22. The number of anilines is 1. The SMILES string of the molecule is CCOC(OCC)[C@@H](O)Cn1cnc2c(N)ncnc21. The van der Waals surface area contributed by atoms with Crippen molar-refractivity contribution in [3.8, 4) is 0 Å². The number of aliphatic hydroxyl groups is 1. The molecule has 3 N–H and O–H groups in total. The first kappa shape index (κ1) is 14.6. The number of fused-ring (bicyclic) bond motifs is 1. The van der Waals surface area contributed by atoms with Crippen LogP contribution in [0.5, 0.6) is 0 Å². The molecule has 110 valence electrons. The average molecular weight is 281 g/mol. The molecule has 0 saturated heterocycles. The van der Waals surface area contributed by atoms with Crippen molar-refractivity contribution < 1.29 is 14.6 Å². The van der Waals surface area contributed by atoms with Crippen molar-refractivity contribution in [2.24, 2.45) is 0 Å². The lowest BCUT2D eigenvalue weighted by atomic mass is 10.3. The Bertz CT molecular complexity index is 553. The normalized spacial score (nSPS) is 13.2. The molecule has 0 unspecified atom stereocenters. The van der Waals surface area contributed by atoms with E-state index in [9.17, 15) is 5.11 Å². The summed E-state index contributed by atoms with van der Waals surface area (Å²) in [5.41, 5.74) is 6.81. The van der Waals surface area contributed by atoms with E-state index in [1.807, 2.05) is 13.8 Å². The summed E-state index contributed by atoms with van der Waals surface area (Å²) in [7, 11) is 0. The third-order valence-corrected chi connectivity index (χ3v) is 2.79. The molecule has 0 fully saturated rings. The van der Waals surface area contributed by atoms with E-state index in [1.165, 1.54) is 6.33 Å². The minimum absolute atomic E-state index is 0.248. The highest BCUT2D eigenvalue weighted by molar-refractivity contribution is 5.81. The van der Waals surface area contributed by atoms with Gasteiger partial charge in [0.15, 0.2) is 17.8 Å². The number of nitrogen functional groups attached to an aromatic ring is 1. The van der Waals surface area contributed by atoms with Gasteiger partial charge in [-0.3, -0.25) is 0 Å². The highest BCUT2D eigenvalue weighted by Crippen LogP contribution is 2.15. The van der Waals surface area contributed by atoms with Crippen LogP contribution in [-0.4, -0.2) is 50.2 Å². The molecule has 2 aromatic heterocycles. The van der Waals surface area contributed by atoms with Gasteiger partial charge in [-0.25, -0.2) is 15.0 Å². The van der Waals surface area contributed by atoms with Gasteiger partial charge < -0.3 is 24.9 Å². The van der Waals surface area contributed by atoms with E-state index < -0.39 is 12.4 Å². The van der Waals surface area contributed by atoms with Gasteiger partial charge in [0.05, 0.1) is 12.9 Å². The first-order chi connectivity index (χ1) is 9.67. The molecule has 8 nitrogen and oxygen atoms in total. The summed E-state index contributed by atoms with van der Waals surface area (Å²) in [6, 6.07) is 0. The summed E-state index contributed by atoms with van der Waals surface area (Å²) in [5.74, 6) is 0.314. The third kappa shape index (κ3) is 3.03. The quantitative estimate of drug-likeness (QED) is 0.696. The molecule has 0 saturated carbocycles. The molecule has 20 heavy (non-hydrogen) atoms. The monoisotopic (exact) mass is 281 g/mol. The number of ether oxygens (including phenoxy) is 2. The Morgan fingerprint density at radius 2 is 1.95 bits per heavy atom. The number of aliphatic hydroxyl groups excluding tert-OH is 1. The number of nitrogens with two attached hydrogens (primary N) is 1. The maximum atomic E-state index is 10.2. The van der Waals surface area contributed by atoms with Gasteiger partial charge >= 0.3 is 0 Å². The molecule has 2 heterocycles. The van der Waals surface area contributed by atoms with Crippen molar-refractivity contribution in [1.29, 1.82) is 0 Å². The summed E-state index contributed by atoms with van der Waals surface area (Å²) >= 11 is 0. The Morgan fingerprint density at radius 3 is 2.60 bits per heavy atom. The van der Waals surface area contributed by atoms with Gasteiger partial charge in [0.1, 0.15) is 17.9 Å². The van der Waals surface area contributed by atoms with Crippen LogP contribution in [0.4, 0.5) is 5.82 Å². The van der Waals surface area contributed by atoms with Crippen LogP contribution in [0.3, 0.4) is 0 Å². The van der Waals surface area contributed by atoms with Crippen molar-refractivity contribution >= 4 is 17.0 Å². The van der Waals surface area contributed by atoms with Crippen LogP contribution in [-0.2, 0) is 16.0 Å². The third-order valence-electron chi connectivity index (χ3n) is 2.79. The Morgan fingerprint density at radius 1 is 1.25 bits per heavy atom. The fourth-order valence-corrected chi connectivity index (χ4v) is 1.92. The number of aromatic nitrogens is 4. The van der Waals surface area contributed by atoms with Crippen molar-refractivity contribution in [3.05, 3.63) is 12.7 Å². The van der Waals surface area contributed by atoms with Crippen molar-refractivity contribution in [2.75, 3.05) is 18.9 Å². The number of rotatable bonds is 7. The van der Waals surface area contributed by atoms with Crippen LogP contribution in [0.2, 0.25) is 0 Å². The van der Waals surface area contributed by atoms with Gasteiger partial charge in [0, 0.05) is 13.2 Å². The zero-order chi connectivity index (χ0) is 14.5. The van der Waals surface area contributed by atoms with E-state index in [0.717, 1.165) is 0 Å². The largest absolute Gasteiger partial charge is 0.386 e. The molecule has 0 aliphatic heterocycles. The molecule has 0 aliphatic rings. The molecular weight excluding hydrogens is 262 g/mol. The van der Waals surface area contributed by atoms with Crippen molar-refractivity contribution in [3.63, 3.8) is 0 Å². The summed E-state index contributed by atoms with van der Waals surface area (Å²) < 4.78 is 12.4. The molecule has 0 radical (unpaired) electrons. The smallest absolute Gasteiger partial charge is 0.185 e. The number of imidazole rings is 1. The first-order valence-corrected chi connectivity index (χ1v) is 6.49. The molecule has 0 bridgehead atoms. The molecule has 2 rings (SSSR count). The lowest BCUT2D eigenvalue weighted by molar-refractivity contribution is -0.192. The fourth-order valence-electron chi connectivity index (χ4n) is 1.92. The maximum absolute atomic E-state index is 10.2. The van der Waals surface area contributed by atoms with E-state index in [-0.39, 0.29) is 6.54 Å². The zero-order valence-electron chi connectivity index (χ0n) is 11.6. The van der Waals surface area contributed by atoms with Crippen LogP contribution in [0, 0.1) is 0 Å². The van der Waals surface area contributed by atoms with E-state index in [4.69, 9.17) is 15.2 Å². The van der Waals surface area contributed by atoms with E-state index in [2.05, 4.69) is 15.0 Å². The summed E-state index contributed by atoms with van der Waals surface area (Å²) in [6.07, 6.45) is 1.42. The minimum atomic E-state index is -0.830. The second-order valence-electron chi connectivity index (χ2n) is 4.17. The molecule has 0 amide bonds. The fraction of sp³-hybridized carbons (Fsp3) is 0.583. The molecule has 1 atom stereocenters. The van der Waals surface area contributed by atoms with Gasteiger partial charge in [0.25, 0.3) is 0 Å². The molecular formula is C12H19N5O3. The van der Waals surface area contributed by atoms with Gasteiger partial charge in [-0.1, -0.05) is 0 Å². The second-order valence-corrected chi connectivity index (χ2v) is 4.17.